The van der Waals surface area contributed by atoms with Crippen LogP contribution in [0.4, 0.5) is 5.69 Å². The van der Waals surface area contributed by atoms with E-state index in [2.05, 4.69) is 0 Å². The lowest BCUT2D eigenvalue weighted by Gasteiger charge is -2.22. The first-order valence-corrected chi connectivity index (χ1v) is 11.7. The zero-order chi connectivity index (χ0) is 19.8. The molecule has 1 aliphatic rings. The number of fused-ring (bicyclic) bond motifs is 3. The summed E-state index contributed by atoms with van der Waals surface area (Å²) in [5, 5.41) is 1.66. The fraction of sp³-hybridized carbons (Fsp3) is 0.190. The van der Waals surface area contributed by atoms with Gasteiger partial charge in [0.2, 0.25) is 0 Å². The molecular formula is C21H16Cl3NOS2. The van der Waals surface area contributed by atoms with Crippen molar-refractivity contribution in [1.82, 2.24) is 0 Å². The predicted molar refractivity (Wildman–Crippen MR) is 123 cm³/mol. The molecule has 1 amide bonds. The number of benzene rings is 2. The molecule has 2 heterocycles. The van der Waals surface area contributed by atoms with Crippen molar-refractivity contribution in [3.8, 4) is 10.4 Å². The molecule has 3 aromatic rings. The molecule has 0 atom stereocenters. The minimum atomic E-state index is -0.0137. The number of thioether (sulfide) groups is 1. The van der Waals surface area contributed by atoms with Gasteiger partial charge in [0.1, 0.15) is 0 Å². The normalized spacial score (nSPS) is 12.4. The second-order valence-electron chi connectivity index (χ2n) is 6.45. The van der Waals surface area contributed by atoms with Crippen LogP contribution in [0.15, 0.2) is 47.4 Å². The average Bonchev–Trinajstić information content (AvgIpc) is 3.12. The third-order valence-electron chi connectivity index (χ3n) is 4.50. The van der Waals surface area contributed by atoms with Gasteiger partial charge >= 0.3 is 0 Å². The van der Waals surface area contributed by atoms with Crippen molar-refractivity contribution >= 4 is 69.5 Å². The molecule has 0 saturated carbocycles. The topological polar surface area (TPSA) is 20.3 Å². The van der Waals surface area contributed by atoms with Crippen LogP contribution in [0.2, 0.25) is 15.1 Å². The third kappa shape index (κ3) is 3.81. The highest BCUT2D eigenvalue weighted by Gasteiger charge is 2.25. The highest BCUT2D eigenvalue weighted by atomic mass is 35.5. The lowest BCUT2D eigenvalue weighted by atomic mass is 10.1. The van der Waals surface area contributed by atoms with E-state index in [9.17, 15) is 4.79 Å². The number of thiophene rings is 1. The molecule has 0 unspecified atom stereocenters. The number of rotatable bonds is 4. The number of amides is 1. The zero-order valence-electron chi connectivity index (χ0n) is 15.0. The number of anilines is 1. The Labute approximate surface area is 187 Å². The van der Waals surface area contributed by atoms with Crippen LogP contribution in [-0.2, 0) is 5.75 Å². The Morgan fingerprint density at radius 2 is 1.89 bits per heavy atom. The number of halogens is 3. The second kappa shape index (κ2) is 8.29. The molecule has 144 valence electrons. The van der Waals surface area contributed by atoms with E-state index in [1.54, 1.807) is 40.1 Å². The standard InChI is InChI=1S/C21H16Cl3NOS2/c1-2-7-25(14-4-6-16(23)17(24)10-14)21(26)19-8-12-11-27-18-9-13(22)3-5-15(18)20(12)28-19/h3-6,8-10H,2,7,11H2,1H3. The van der Waals surface area contributed by atoms with E-state index in [1.165, 1.54) is 5.56 Å². The van der Waals surface area contributed by atoms with Crippen molar-refractivity contribution in [3.05, 3.63) is 68.0 Å². The van der Waals surface area contributed by atoms with Crippen molar-refractivity contribution in [2.75, 3.05) is 11.4 Å². The molecule has 1 aliphatic heterocycles. The first-order chi connectivity index (χ1) is 13.5. The Morgan fingerprint density at radius 1 is 1.07 bits per heavy atom. The van der Waals surface area contributed by atoms with Gasteiger partial charge in [-0.05, 0) is 48.4 Å². The Morgan fingerprint density at radius 3 is 2.64 bits per heavy atom. The molecule has 2 nitrogen and oxygen atoms in total. The molecule has 2 aromatic carbocycles. The van der Waals surface area contributed by atoms with Gasteiger partial charge in [0.15, 0.2) is 0 Å². The van der Waals surface area contributed by atoms with Gasteiger partial charge in [0, 0.05) is 38.3 Å². The van der Waals surface area contributed by atoms with E-state index in [0.717, 1.165) is 43.1 Å². The number of carbonyl (C=O) groups is 1. The zero-order valence-corrected chi connectivity index (χ0v) is 18.9. The van der Waals surface area contributed by atoms with Gasteiger partial charge in [0.25, 0.3) is 5.91 Å². The summed E-state index contributed by atoms with van der Waals surface area (Å²) in [4.78, 5) is 18.2. The Bertz CT molecular complexity index is 1060. The summed E-state index contributed by atoms with van der Waals surface area (Å²) in [5.74, 6) is 0.827. The SMILES string of the molecule is CCCN(C(=O)c1cc2c(s1)-c1ccc(Cl)cc1SC2)c1ccc(Cl)c(Cl)c1. The first-order valence-electron chi connectivity index (χ1n) is 8.80. The highest BCUT2D eigenvalue weighted by Crippen LogP contribution is 2.46. The van der Waals surface area contributed by atoms with Crippen LogP contribution in [0.25, 0.3) is 10.4 Å². The fourth-order valence-electron chi connectivity index (χ4n) is 3.19. The molecule has 0 spiro atoms. The van der Waals surface area contributed by atoms with Crippen molar-refractivity contribution in [3.63, 3.8) is 0 Å². The highest BCUT2D eigenvalue weighted by molar-refractivity contribution is 7.98. The minimum absolute atomic E-state index is 0.0137. The summed E-state index contributed by atoms with van der Waals surface area (Å²) < 4.78 is 0. The molecule has 1 aromatic heterocycles. The van der Waals surface area contributed by atoms with Gasteiger partial charge < -0.3 is 4.90 Å². The third-order valence-corrected chi connectivity index (χ3v) is 7.78. The monoisotopic (exact) mass is 467 g/mol. The molecule has 0 N–H and O–H groups in total. The van der Waals surface area contributed by atoms with Crippen LogP contribution in [0.3, 0.4) is 0 Å². The summed E-state index contributed by atoms with van der Waals surface area (Å²) in [6.45, 7) is 2.66. The van der Waals surface area contributed by atoms with Gasteiger partial charge in [0.05, 0.1) is 14.9 Å². The molecule has 0 aliphatic carbocycles. The van der Waals surface area contributed by atoms with Crippen LogP contribution < -0.4 is 4.90 Å². The van der Waals surface area contributed by atoms with Gasteiger partial charge in [-0.1, -0.05) is 47.8 Å². The first kappa shape index (κ1) is 20.1. The summed E-state index contributed by atoms with van der Waals surface area (Å²) in [6, 6.07) is 13.3. The van der Waals surface area contributed by atoms with Crippen molar-refractivity contribution in [2.45, 2.75) is 24.0 Å². The molecule has 0 fully saturated rings. The van der Waals surface area contributed by atoms with E-state index in [-0.39, 0.29) is 5.91 Å². The maximum absolute atomic E-state index is 13.3. The fourth-order valence-corrected chi connectivity index (χ4v) is 6.11. The van der Waals surface area contributed by atoms with Crippen LogP contribution in [0.1, 0.15) is 28.6 Å². The van der Waals surface area contributed by atoms with E-state index >= 15 is 0 Å². The largest absolute Gasteiger partial charge is 0.308 e. The predicted octanol–water partition coefficient (Wildman–Crippen LogP) is 8.04. The van der Waals surface area contributed by atoms with E-state index in [0.29, 0.717) is 16.6 Å². The molecule has 7 heteroatoms. The summed E-state index contributed by atoms with van der Waals surface area (Å²) in [6.07, 6.45) is 0.842. The van der Waals surface area contributed by atoms with E-state index < -0.39 is 0 Å². The average molecular weight is 469 g/mol. The second-order valence-corrected chi connectivity index (χ2v) is 9.77. The van der Waals surface area contributed by atoms with Crippen molar-refractivity contribution < 1.29 is 4.79 Å². The lowest BCUT2D eigenvalue weighted by Crippen LogP contribution is -2.31. The maximum Gasteiger partial charge on any atom is 0.268 e. The molecular weight excluding hydrogens is 453 g/mol. The Kier molecular flexibility index (Phi) is 5.96. The van der Waals surface area contributed by atoms with E-state index in [1.807, 2.05) is 37.3 Å². The molecule has 28 heavy (non-hydrogen) atoms. The van der Waals surface area contributed by atoms with Gasteiger partial charge in [-0.15, -0.1) is 23.1 Å². The van der Waals surface area contributed by atoms with Crippen LogP contribution in [0, 0.1) is 0 Å². The van der Waals surface area contributed by atoms with Gasteiger partial charge in [-0.2, -0.15) is 0 Å². The molecule has 0 bridgehead atoms. The summed E-state index contributed by atoms with van der Waals surface area (Å²) >= 11 is 21.7. The van der Waals surface area contributed by atoms with Crippen molar-refractivity contribution in [2.24, 2.45) is 0 Å². The Balaban J connectivity index is 1.71. The van der Waals surface area contributed by atoms with Crippen LogP contribution >= 0.6 is 57.9 Å². The van der Waals surface area contributed by atoms with Gasteiger partial charge in [-0.3, -0.25) is 4.79 Å². The van der Waals surface area contributed by atoms with Crippen LogP contribution in [-0.4, -0.2) is 12.5 Å². The quantitative estimate of drug-likeness (QED) is 0.386. The maximum atomic E-state index is 13.3. The Hall–Kier alpha value is -1.17. The van der Waals surface area contributed by atoms with Gasteiger partial charge in [-0.25, -0.2) is 0 Å². The number of hydrogen-bond acceptors (Lipinski definition) is 3. The summed E-state index contributed by atoms with van der Waals surface area (Å²) in [5.41, 5.74) is 3.10. The molecule has 0 radical (unpaired) electrons. The number of nitrogens with zero attached hydrogens (tertiary/aromatic N) is 1. The van der Waals surface area contributed by atoms with E-state index in [4.69, 9.17) is 34.8 Å². The van der Waals surface area contributed by atoms with Crippen molar-refractivity contribution in [1.29, 1.82) is 0 Å². The number of hydrogen-bond donors (Lipinski definition) is 0. The minimum Gasteiger partial charge on any atom is -0.308 e. The lowest BCUT2D eigenvalue weighted by molar-refractivity contribution is 0.0990. The smallest absolute Gasteiger partial charge is 0.268 e. The molecule has 0 saturated heterocycles. The molecule has 4 rings (SSSR count). The number of carbonyl (C=O) groups excluding carboxylic acids is 1. The van der Waals surface area contributed by atoms with Crippen LogP contribution in [0.5, 0.6) is 0 Å². The summed E-state index contributed by atoms with van der Waals surface area (Å²) in [7, 11) is 0.